The number of hydrogen-bond donors (Lipinski definition) is 2. The highest BCUT2D eigenvalue weighted by Gasteiger charge is 2.10. The average Bonchev–Trinajstić information content (AvgIpc) is 2.72. The first-order valence-corrected chi connectivity index (χ1v) is 8.03. The first-order chi connectivity index (χ1) is 10.1. The molecule has 0 aromatic heterocycles. The van der Waals surface area contributed by atoms with Crippen molar-refractivity contribution in [2.75, 3.05) is 30.7 Å². The summed E-state index contributed by atoms with van der Waals surface area (Å²) in [6.07, 6.45) is 6.80. The second-order valence-electron chi connectivity index (χ2n) is 5.98. The Morgan fingerprint density at radius 1 is 1.24 bits per heavy atom. The largest absolute Gasteiger partial charge is 0.399 e. The molecule has 3 N–H and O–H groups in total. The van der Waals surface area contributed by atoms with Gasteiger partial charge >= 0.3 is 0 Å². The summed E-state index contributed by atoms with van der Waals surface area (Å²) >= 11 is 0. The zero-order valence-corrected chi connectivity index (χ0v) is 13.0. The molecule has 1 amide bonds. The van der Waals surface area contributed by atoms with Crippen LogP contribution in [0, 0.1) is 6.92 Å². The minimum atomic E-state index is 0.0820. The zero-order valence-electron chi connectivity index (χ0n) is 13.0. The van der Waals surface area contributed by atoms with Gasteiger partial charge in [-0.1, -0.05) is 18.9 Å². The van der Waals surface area contributed by atoms with E-state index >= 15 is 0 Å². The van der Waals surface area contributed by atoms with Crippen LogP contribution in [0.2, 0.25) is 0 Å². The summed E-state index contributed by atoms with van der Waals surface area (Å²) in [5.41, 5.74) is 8.31. The summed E-state index contributed by atoms with van der Waals surface area (Å²) in [7, 11) is 0. The topological polar surface area (TPSA) is 58.4 Å². The molecule has 0 bridgehead atoms. The first-order valence-electron chi connectivity index (χ1n) is 8.03. The van der Waals surface area contributed by atoms with Crippen molar-refractivity contribution in [3.05, 3.63) is 23.8 Å². The molecule has 0 aliphatic carbocycles. The Balaban J connectivity index is 1.73. The maximum absolute atomic E-state index is 12.0. The van der Waals surface area contributed by atoms with E-state index in [1.54, 1.807) is 0 Å². The van der Waals surface area contributed by atoms with E-state index in [0.717, 1.165) is 24.2 Å². The van der Waals surface area contributed by atoms with Gasteiger partial charge < -0.3 is 16.0 Å². The molecule has 116 valence electrons. The Bertz CT molecular complexity index is 465. The van der Waals surface area contributed by atoms with Gasteiger partial charge in [-0.25, -0.2) is 0 Å². The van der Waals surface area contributed by atoms with E-state index in [4.69, 9.17) is 5.73 Å². The fourth-order valence-electron chi connectivity index (χ4n) is 2.81. The lowest BCUT2D eigenvalue weighted by Gasteiger charge is -2.19. The fraction of sp³-hybridized carbons (Fsp3) is 0.588. The minimum absolute atomic E-state index is 0.0820. The number of nitrogens with zero attached hydrogens (tertiary/aromatic N) is 1. The number of carbonyl (C=O) groups is 1. The lowest BCUT2D eigenvalue weighted by Crippen LogP contribution is -2.26. The van der Waals surface area contributed by atoms with Crippen molar-refractivity contribution in [2.45, 2.75) is 45.4 Å². The molecule has 0 atom stereocenters. The van der Waals surface area contributed by atoms with Crippen molar-refractivity contribution in [1.29, 1.82) is 0 Å². The molecule has 1 aliphatic rings. The van der Waals surface area contributed by atoms with Crippen molar-refractivity contribution in [1.82, 2.24) is 4.90 Å². The smallest absolute Gasteiger partial charge is 0.224 e. The molecular weight excluding hydrogens is 262 g/mol. The molecule has 2 rings (SSSR count). The normalized spacial score (nSPS) is 16.4. The number of likely N-dealkylation sites (tertiary alicyclic amines) is 1. The van der Waals surface area contributed by atoms with Crippen LogP contribution in [0.25, 0.3) is 0 Å². The SMILES string of the molecule is Cc1ccc(N)cc1NC(=O)CCCN1CCCCCC1. The van der Waals surface area contributed by atoms with Gasteiger partial charge in [0, 0.05) is 17.8 Å². The number of aryl methyl sites for hydroxylation is 1. The van der Waals surface area contributed by atoms with Crippen LogP contribution in [0.15, 0.2) is 18.2 Å². The molecule has 0 radical (unpaired) electrons. The number of carbonyl (C=O) groups excluding carboxylic acids is 1. The maximum atomic E-state index is 12.0. The Morgan fingerprint density at radius 2 is 1.95 bits per heavy atom. The average molecular weight is 289 g/mol. The Morgan fingerprint density at radius 3 is 2.67 bits per heavy atom. The summed E-state index contributed by atoms with van der Waals surface area (Å²) in [4.78, 5) is 14.5. The van der Waals surface area contributed by atoms with E-state index in [9.17, 15) is 4.79 Å². The van der Waals surface area contributed by atoms with Crippen LogP contribution in [0.1, 0.15) is 44.1 Å². The van der Waals surface area contributed by atoms with Gasteiger partial charge in [0.05, 0.1) is 0 Å². The van der Waals surface area contributed by atoms with E-state index < -0.39 is 0 Å². The van der Waals surface area contributed by atoms with Crippen LogP contribution in [-0.2, 0) is 4.79 Å². The number of benzene rings is 1. The van der Waals surface area contributed by atoms with E-state index in [-0.39, 0.29) is 5.91 Å². The molecular formula is C17H27N3O. The van der Waals surface area contributed by atoms with Crippen LogP contribution in [0.4, 0.5) is 11.4 Å². The molecule has 4 heteroatoms. The van der Waals surface area contributed by atoms with Gasteiger partial charge in [0.2, 0.25) is 5.91 Å². The second-order valence-corrected chi connectivity index (χ2v) is 5.98. The second kappa shape index (κ2) is 8.03. The van der Waals surface area contributed by atoms with Gasteiger partial charge in [0.25, 0.3) is 0 Å². The van der Waals surface area contributed by atoms with E-state index in [0.29, 0.717) is 12.1 Å². The number of amides is 1. The third kappa shape index (κ3) is 5.38. The van der Waals surface area contributed by atoms with Crippen molar-refractivity contribution < 1.29 is 4.79 Å². The van der Waals surface area contributed by atoms with Crippen LogP contribution in [0.5, 0.6) is 0 Å². The van der Waals surface area contributed by atoms with Gasteiger partial charge in [0.1, 0.15) is 0 Å². The highest BCUT2D eigenvalue weighted by Crippen LogP contribution is 2.18. The number of hydrogen-bond acceptors (Lipinski definition) is 3. The number of rotatable bonds is 5. The zero-order chi connectivity index (χ0) is 15.1. The molecule has 1 aliphatic heterocycles. The lowest BCUT2D eigenvalue weighted by atomic mass is 10.1. The highest BCUT2D eigenvalue weighted by atomic mass is 16.1. The Hall–Kier alpha value is -1.55. The van der Waals surface area contributed by atoms with Crippen LogP contribution in [0.3, 0.4) is 0 Å². The predicted octanol–water partition coefficient (Wildman–Crippen LogP) is 3.17. The third-order valence-electron chi connectivity index (χ3n) is 4.11. The number of nitrogens with one attached hydrogen (secondary N) is 1. The molecule has 21 heavy (non-hydrogen) atoms. The Labute approximate surface area is 127 Å². The summed E-state index contributed by atoms with van der Waals surface area (Å²) in [5.74, 6) is 0.0820. The molecule has 1 aromatic carbocycles. The third-order valence-corrected chi connectivity index (χ3v) is 4.11. The van der Waals surface area contributed by atoms with Crippen molar-refractivity contribution in [3.8, 4) is 0 Å². The molecule has 1 fully saturated rings. The molecule has 1 heterocycles. The predicted molar refractivity (Wildman–Crippen MR) is 88.4 cm³/mol. The van der Waals surface area contributed by atoms with Gasteiger partial charge in [-0.05, 0) is 63.5 Å². The number of nitrogens with two attached hydrogens (primary N) is 1. The van der Waals surface area contributed by atoms with Crippen LogP contribution >= 0.6 is 0 Å². The highest BCUT2D eigenvalue weighted by molar-refractivity contribution is 5.91. The molecule has 1 saturated heterocycles. The van der Waals surface area contributed by atoms with E-state index in [1.807, 2.05) is 25.1 Å². The van der Waals surface area contributed by atoms with Crippen molar-refractivity contribution >= 4 is 17.3 Å². The van der Waals surface area contributed by atoms with Gasteiger partial charge in [-0.3, -0.25) is 4.79 Å². The monoisotopic (exact) mass is 289 g/mol. The first kappa shape index (κ1) is 15.8. The molecule has 0 unspecified atom stereocenters. The minimum Gasteiger partial charge on any atom is -0.399 e. The molecule has 0 saturated carbocycles. The number of nitrogen functional groups attached to an aromatic ring is 1. The maximum Gasteiger partial charge on any atom is 0.224 e. The standard InChI is InChI=1S/C17H27N3O/c1-14-8-9-15(18)13-16(14)19-17(21)7-6-12-20-10-4-2-3-5-11-20/h8-9,13H,2-7,10-12,18H2,1H3,(H,19,21). The lowest BCUT2D eigenvalue weighted by molar-refractivity contribution is -0.116. The van der Waals surface area contributed by atoms with Gasteiger partial charge in [0.15, 0.2) is 0 Å². The van der Waals surface area contributed by atoms with Crippen molar-refractivity contribution in [2.24, 2.45) is 0 Å². The molecule has 0 spiro atoms. The number of anilines is 2. The fourth-order valence-corrected chi connectivity index (χ4v) is 2.81. The molecule has 1 aromatic rings. The summed E-state index contributed by atoms with van der Waals surface area (Å²) in [6.45, 7) is 5.39. The van der Waals surface area contributed by atoms with Crippen LogP contribution < -0.4 is 11.1 Å². The van der Waals surface area contributed by atoms with Crippen molar-refractivity contribution in [3.63, 3.8) is 0 Å². The van der Waals surface area contributed by atoms with E-state index in [1.165, 1.54) is 38.8 Å². The Kier molecular flexibility index (Phi) is 6.05. The summed E-state index contributed by atoms with van der Waals surface area (Å²) in [6, 6.07) is 5.61. The van der Waals surface area contributed by atoms with Gasteiger partial charge in [-0.2, -0.15) is 0 Å². The van der Waals surface area contributed by atoms with Crippen LogP contribution in [-0.4, -0.2) is 30.4 Å². The van der Waals surface area contributed by atoms with E-state index in [2.05, 4.69) is 10.2 Å². The summed E-state index contributed by atoms with van der Waals surface area (Å²) < 4.78 is 0. The van der Waals surface area contributed by atoms with Gasteiger partial charge in [-0.15, -0.1) is 0 Å². The molecule has 4 nitrogen and oxygen atoms in total. The summed E-state index contributed by atoms with van der Waals surface area (Å²) in [5, 5.41) is 2.96. The quantitative estimate of drug-likeness (QED) is 0.819.